The van der Waals surface area contributed by atoms with E-state index in [0.717, 1.165) is 5.75 Å². The van der Waals surface area contributed by atoms with Crippen LogP contribution in [0.3, 0.4) is 0 Å². The second-order valence-electron chi connectivity index (χ2n) is 2.96. The van der Waals surface area contributed by atoms with E-state index >= 15 is 0 Å². The number of benzene rings is 1. The van der Waals surface area contributed by atoms with E-state index in [1.54, 1.807) is 0 Å². The van der Waals surface area contributed by atoms with E-state index in [9.17, 15) is 0 Å². The van der Waals surface area contributed by atoms with E-state index in [2.05, 4.69) is 22.2 Å². The van der Waals surface area contributed by atoms with E-state index in [0.29, 0.717) is 12.5 Å². The number of thioether (sulfide) groups is 1. The first-order chi connectivity index (χ1) is 6.42. The smallest absolute Gasteiger partial charge is 0.0335 e. The van der Waals surface area contributed by atoms with Gasteiger partial charge in [0.25, 0.3) is 0 Å². The molecular weight excluding hydrogens is 182 g/mol. The highest BCUT2D eigenvalue weighted by atomic mass is 32.2. The van der Waals surface area contributed by atoms with Gasteiger partial charge in [0.05, 0.1) is 0 Å². The predicted octanol–water partition coefficient (Wildman–Crippen LogP) is 3.19. The third-order valence-corrected chi connectivity index (χ3v) is 3.42. The Hall–Kier alpha value is -1.12. The van der Waals surface area contributed by atoms with Gasteiger partial charge in [0.2, 0.25) is 0 Å². The van der Waals surface area contributed by atoms with Crippen LogP contribution in [0.1, 0.15) is 11.5 Å². The molecule has 0 radical (unpaired) electrons. The molecule has 0 N–H and O–H groups in total. The zero-order valence-electron chi connectivity index (χ0n) is 7.05. The van der Waals surface area contributed by atoms with Gasteiger partial charge in [-0.15, -0.1) is 11.8 Å². The lowest BCUT2D eigenvalue weighted by Gasteiger charge is -2.04. The van der Waals surface area contributed by atoms with Gasteiger partial charge in [0.15, 0.2) is 0 Å². The summed E-state index contributed by atoms with van der Waals surface area (Å²) in [6, 6.07) is 8.32. The summed E-state index contributed by atoms with van der Waals surface area (Å²) in [6.07, 6.45) is 0. The number of azide groups is 1. The van der Waals surface area contributed by atoms with Crippen molar-refractivity contribution in [1.29, 1.82) is 0 Å². The van der Waals surface area contributed by atoms with Crippen LogP contribution in [0.25, 0.3) is 10.4 Å². The molecule has 1 aliphatic rings. The van der Waals surface area contributed by atoms with E-state index < -0.39 is 0 Å². The van der Waals surface area contributed by atoms with Crippen LogP contribution in [0.5, 0.6) is 0 Å². The second kappa shape index (κ2) is 3.73. The molecule has 1 heterocycles. The van der Waals surface area contributed by atoms with E-state index in [1.807, 2.05) is 23.9 Å². The third kappa shape index (κ3) is 1.64. The summed E-state index contributed by atoms with van der Waals surface area (Å²) in [4.78, 5) is 4.12. The highest BCUT2D eigenvalue weighted by molar-refractivity contribution is 7.99. The number of rotatable bonds is 2. The molecule has 0 amide bonds. The average molecular weight is 191 g/mol. The Morgan fingerprint density at radius 1 is 1.54 bits per heavy atom. The molecule has 0 bridgehead atoms. The maximum atomic E-state index is 8.23. The maximum Gasteiger partial charge on any atom is 0.0335 e. The minimum Gasteiger partial charge on any atom is -0.125 e. The van der Waals surface area contributed by atoms with Crippen molar-refractivity contribution in [2.45, 2.75) is 10.8 Å². The summed E-state index contributed by atoms with van der Waals surface area (Å²) in [5, 5.41) is 3.62. The first-order valence-corrected chi connectivity index (χ1v) is 5.13. The van der Waals surface area contributed by atoms with Crippen LogP contribution in [-0.2, 0) is 0 Å². The lowest BCUT2D eigenvalue weighted by Crippen LogP contribution is -1.99. The topological polar surface area (TPSA) is 48.8 Å². The first kappa shape index (κ1) is 8.48. The molecule has 1 unspecified atom stereocenters. The van der Waals surface area contributed by atoms with Crippen molar-refractivity contribution < 1.29 is 0 Å². The van der Waals surface area contributed by atoms with Gasteiger partial charge in [0, 0.05) is 22.1 Å². The highest BCUT2D eigenvalue weighted by Crippen LogP contribution is 2.39. The van der Waals surface area contributed by atoms with Crippen molar-refractivity contribution >= 4 is 11.8 Å². The van der Waals surface area contributed by atoms with Crippen LogP contribution in [0.2, 0.25) is 0 Å². The zero-order valence-corrected chi connectivity index (χ0v) is 7.87. The quantitative estimate of drug-likeness (QED) is 0.402. The third-order valence-electron chi connectivity index (χ3n) is 2.16. The Morgan fingerprint density at radius 3 is 3.23 bits per heavy atom. The Bertz CT molecular complexity index is 358. The summed E-state index contributed by atoms with van der Waals surface area (Å²) >= 11 is 1.84. The highest BCUT2D eigenvalue weighted by Gasteiger charge is 2.21. The maximum absolute atomic E-state index is 8.23. The van der Waals surface area contributed by atoms with Gasteiger partial charge in [-0.25, -0.2) is 0 Å². The van der Waals surface area contributed by atoms with Crippen LogP contribution in [0.4, 0.5) is 0 Å². The average Bonchev–Trinajstić information content (AvgIpc) is 2.58. The standard InChI is InChI=1S/C9H9N3S/c10-12-11-5-7-6-13-9-4-2-1-3-8(7)9/h1-4,7H,5-6H2. The molecule has 13 heavy (non-hydrogen) atoms. The fourth-order valence-corrected chi connectivity index (χ4v) is 2.76. The fourth-order valence-electron chi connectivity index (χ4n) is 1.52. The lowest BCUT2D eigenvalue weighted by atomic mass is 10.0. The summed E-state index contributed by atoms with van der Waals surface area (Å²) < 4.78 is 0. The molecule has 0 saturated heterocycles. The Kier molecular flexibility index (Phi) is 2.43. The van der Waals surface area contributed by atoms with Gasteiger partial charge in [-0.05, 0) is 23.1 Å². The Labute approximate surface area is 80.8 Å². The first-order valence-electron chi connectivity index (χ1n) is 4.14. The second-order valence-corrected chi connectivity index (χ2v) is 4.02. The monoisotopic (exact) mass is 191 g/mol. The summed E-state index contributed by atoms with van der Waals surface area (Å²) in [5.74, 6) is 1.45. The molecular formula is C9H9N3S. The lowest BCUT2D eigenvalue weighted by molar-refractivity contribution is 0.782. The zero-order chi connectivity index (χ0) is 9.10. The molecule has 1 aromatic carbocycles. The Balaban J connectivity index is 2.23. The molecule has 2 rings (SSSR count). The van der Waals surface area contributed by atoms with Crippen molar-refractivity contribution in [3.8, 4) is 0 Å². The largest absolute Gasteiger partial charge is 0.125 e. The molecule has 0 fully saturated rings. The minimum atomic E-state index is 0.414. The van der Waals surface area contributed by atoms with Gasteiger partial charge in [-0.1, -0.05) is 23.3 Å². The van der Waals surface area contributed by atoms with E-state index in [-0.39, 0.29) is 0 Å². The van der Waals surface area contributed by atoms with Crippen molar-refractivity contribution in [2.24, 2.45) is 5.11 Å². The number of hydrogen-bond acceptors (Lipinski definition) is 2. The van der Waals surface area contributed by atoms with Crippen LogP contribution in [0.15, 0.2) is 34.3 Å². The molecule has 0 saturated carbocycles. The van der Waals surface area contributed by atoms with Crippen LogP contribution >= 0.6 is 11.8 Å². The molecule has 0 spiro atoms. The summed E-state index contributed by atoms with van der Waals surface area (Å²) in [6.45, 7) is 0.584. The molecule has 3 nitrogen and oxygen atoms in total. The molecule has 4 heteroatoms. The molecule has 1 aromatic rings. The fraction of sp³-hybridized carbons (Fsp3) is 0.333. The normalized spacial score (nSPS) is 19.2. The predicted molar refractivity (Wildman–Crippen MR) is 53.9 cm³/mol. The van der Waals surface area contributed by atoms with Gasteiger partial charge in [-0.3, -0.25) is 0 Å². The Morgan fingerprint density at radius 2 is 2.38 bits per heavy atom. The van der Waals surface area contributed by atoms with Crippen molar-refractivity contribution in [2.75, 3.05) is 12.3 Å². The van der Waals surface area contributed by atoms with Crippen molar-refractivity contribution in [1.82, 2.24) is 0 Å². The molecule has 0 aliphatic carbocycles. The van der Waals surface area contributed by atoms with E-state index in [1.165, 1.54) is 10.5 Å². The van der Waals surface area contributed by atoms with Gasteiger partial charge in [0.1, 0.15) is 0 Å². The van der Waals surface area contributed by atoms with Gasteiger partial charge in [-0.2, -0.15) is 0 Å². The summed E-state index contributed by atoms with van der Waals surface area (Å²) in [7, 11) is 0. The summed E-state index contributed by atoms with van der Waals surface area (Å²) in [5.41, 5.74) is 9.56. The molecule has 1 atom stereocenters. The SMILES string of the molecule is [N-]=[N+]=NCC1CSc2ccccc21. The van der Waals surface area contributed by atoms with Gasteiger partial charge < -0.3 is 0 Å². The van der Waals surface area contributed by atoms with Gasteiger partial charge >= 0.3 is 0 Å². The van der Waals surface area contributed by atoms with E-state index in [4.69, 9.17) is 5.53 Å². The molecule has 1 aliphatic heterocycles. The number of hydrogen-bond donors (Lipinski definition) is 0. The number of nitrogens with zero attached hydrogens (tertiary/aromatic N) is 3. The van der Waals surface area contributed by atoms with Crippen LogP contribution in [0, 0.1) is 0 Å². The minimum absolute atomic E-state index is 0.414. The van der Waals surface area contributed by atoms with Crippen LogP contribution < -0.4 is 0 Å². The molecule has 66 valence electrons. The number of fused-ring (bicyclic) bond motifs is 1. The van der Waals surface area contributed by atoms with Crippen molar-refractivity contribution in [3.63, 3.8) is 0 Å². The molecule has 0 aromatic heterocycles. The van der Waals surface area contributed by atoms with Crippen molar-refractivity contribution in [3.05, 3.63) is 40.3 Å². The van der Waals surface area contributed by atoms with Crippen LogP contribution in [-0.4, -0.2) is 12.3 Å².